The lowest BCUT2D eigenvalue weighted by molar-refractivity contribution is -0.274. The molecule has 3 aromatic rings. The van der Waals surface area contributed by atoms with Crippen LogP contribution in [0.5, 0.6) is 5.75 Å². The summed E-state index contributed by atoms with van der Waals surface area (Å²) in [5.41, 5.74) is -3.51. The molecule has 0 aliphatic carbocycles. The van der Waals surface area contributed by atoms with Crippen molar-refractivity contribution in [1.29, 1.82) is 0 Å². The van der Waals surface area contributed by atoms with Crippen LogP contribution in [0.1, 0.15) is 12.3 Å². The van der Waals surface area contributed by atoms with Crippen LogP contribution in [0, 0.1) is 0 Å². The molecule has 0 saturated carbocycles. The number of aromatic nitrogens is 2. The quantitative estimate of drug-likeness (QED) is 0.654. The van der Waals surface area contributed by atoms with Crippen LogP contribution < -0.4 is 5.32 Å². The number of rotatable bonds is 4. The predicted octanol–water partition coefficient (Wildman–Crippen LogP) is 2.71. The number of halogens is 3. The summed E-state index contributed by atoms with van der Waals surface area (Å²) in [6.45, 7) is 0. The highest BCUT2D eigenvalue weighted by molar-refractivity contribution is 5.91. The Kier molecular flexibility index (Phi) is 4.28. The third-order valence-electron chi connectivity index (χ3n) is 3.58. The van der Waals surface area contributed by atoms with Crippen LogP contribution in [-0.4, -0.2) is 32.3 Å². The number of benzene rings is 1. The van der Waals surface area contributed by atoms with Gasteiger partial charge in [-0.2, -0.15) is 13.2 Å². The van der Waals surface area contributed by atoms with Crippen molar-refractivity contribution in [2.45, 2.75) is 18.2 Å². The molecule has 0 aliphatic rings. The van der Waals surface area contributed by atoms with Crippen molar-refractivity contribution in [3.05, 3.63) is 48.5 Å². The van der Waals surface area contributed by atoms with Crippen LogP contribution in [0.4, 0.5) is 19.0 Å². The smallest absolute Gasteiger partial charge is 0.426 e. The molecule has 2 heterocycles. The highest BCUT2D eigenvalue weighted by Crippen LogP contribution is 2.42. The molecule has 10 heteroatoms. The minimum absolute atomic E-state index is 0.0351. The summed E-state index contributed by atoms with van der Waals surface area (Å²) < 4.78 is 45.5. The molecule has 1 amide bonds. The minimum Gasteiger partial charge on any atom is -0.504 e. The van der Waals surface area contributed by atoms with Crippen molar-refractivity contribution < 1.29 is 32.6 Å². The van der Waals surface area contributed by atoms with Gasteiger partial charge in [0.15, 0.2) is 17.2 Å². The van der Waals surface area contributed by atoms with E-state index in [9.17, 15) is 28.2 Å². The van der Waals surface area contributed by atoms with E-state index in [1.807, 2.05) is 5.32 Å². The van der Waals surface area contributed by atoms with E-state index in [1.54, 1.807) is 0 Å². The monoisotopic (exact) mass is 367 g/mol. The maximum atomic E-state index is 13.5. The average Bonchev–Trinajstić information content (AvgIpc) is 3.00. The van der Waals surface area contributed by atoms with E-state index in [-0.39, 0.29) is 16.9 Å². The van der Waals surface area contributed by atoms with Gasteiger partial charge in [0, 0.05) is 6.20 Å². The van der Waals surface area contributed by atoms with Gasteiger partial charge in [-0.1, -0.05) is 12.1 Å². The van der Waals surface area contributed by atoms with Crippen LogP contribution in [0.2, 0.25) is 0 Å². The molecule has 3 N–H and O–H groups in total. The van der Waals surface area contributed by atoms with Crippen molar-refractivity contribution in [3.8, 4) is 5.75 Å². The second-order valence-electron chi connectivity index (χ2n) is 5.44. The number of para-hydroxylation sites is 2. The molecule has 1 atom stereocenters. The van der Waals surface area contributed by atoms with E-state index in [0.29, 0.717) is 0 Å². The largest absolute Gasteiger partial charge is 0.504 e. The highest BCUT2D eigenvalue weighted by atomic mass is 19.4. The summed E-state index contributed by atoms with van der Waals surface area (Å²) >= 11 is 0. The van der Waals surface area contributed by atoms with Gasteiger partial charge in [-0.15, -0.1) is 0 Å². The Balaban J connectivity index is 1.93. The third-order valence-corrected chi connectivity index (χ3v) is 3.58. The molecule has 26 heavy (non-hydrogen) atoms. The molecule has 0 radical (unpaired) electrons. The third kappa shape index (κ3) is 3.18. The van der Waals surface area contributed by atoms with Gasteiger partial charge in [0.2, 0.25) is 17.4 Å². The number of hydrogen-bond donors (Lipinski definition) is 3. The number of hydrogen-bond acceptors (Lipinski definition) is 6. The van der Waals surface area contributed by atoms with E-state index in [2.05, 4.69) is 9.97 Å². The van der Waals surface area contributed by atoms with E-state index in [1.165, 1.54) is 42.6 Å². The summed E-state index contributed by atoms with van der Waals surface area (Å²) in [7, 11) is 0. The molecule has 1 unspecified atom stereocenters. The Bertz CT molecular complexity index is 924. The molecule has 0 aliphatic heterocycles. The van der Waals surface area contributed by atoms with Crippen molar-refractivity contribution >= 4 is 22.8 Å². The first-order chi connectivity index (χ1) is 12.2. The van der Waals surface area contributed by atoms with Gasteiger partial charge in [0.1, 0.15) is 5.52 Å². The SMILES string of the molecule is O=C(CC(O)(c1nc2ccccc2o1)C(F)(F)F)Nc1ncccc1O. The Labute approximate surface area is 144 Å². The minimum atomic E-state index is -5.24. The number of amides is 1. The molecule has 0 saturated heterocycles. The van der Waals surface area contributed by atoms with Crippen molar-refractivity contribution in [3.63, 3.8) is 0 Å². The Morgan fingerprint density at radius 3 is 2.58 bits per heavy atom. The number of alkyl halides is 3. The summed E-state index contributed by atoms with van der Waals surface area (Å²) in [6, 6.07) is 8.42. The molecule has 2 aromatic heterocycles. The molecule has 136 valence electrons. The number of fused-ring (bicyclic) bond motifs is 1. The Morgan fingerprint density at radius 1 is 1.19 bits per heavy atom. The molecule has 7 nitrogen and oxygen atoms in total. The first kappa shape index (κ1) is 17.7. The summed E-state index contributed by atoms with van der Waals surface area (Å²) in [5, 5.41) is 21.8. The number of carbonyl (C=O) groups excluding carboxylic acids is 1. The van der Waals surface area contributed by atoms with Crippen LogP contribution in [0.15, 0.2) is 47.0 Å². The zero-order chi connectivity index (χ0) is 18.9. The van der Waals surface area contributed by atoms with Gasteiger partial charge in [-0.3, -0.25) is 4.79 Å². The highest BCUT2D eigenvalue weighted by Gasteiger charge is 2.59. The molecule has 0 fully saturated rings. The van der Waals surface area contributed by atoms with Gasteiger partial charge in [-0.05, 0) is 24.3 Å². The van der Waals surface area contributed by atoms with E-state index in [0.717, 1.165) is 0 Å². The van der Waals surface area contributed by atoms with Gasteiger partial charge >= 0.3 is 6.18 Å². The van der Waals surface area contributed by atoms with Crippen molar-refractivity contribution in [2.24, 2.45) is 0 Å². The fraction of sp³-hybridized carbons (Fsp3) is 0.188. The fourth-order valence-electron chi connectivity index (χ4n) is 2.25. The molecule has 0 bridgehead atoms. The predicted molar refractivity (Wildman–Crippen MR) is 83.1 cm³/mol. The number of nitrogens with one attached hydrogen (secondary N) is 1. The normalized spacial score (nSPS) is 14.2. The Morgan fingerprint density at radius 2 is 1.92 bits per heavy atom. The number of anilines is 1. The lowest BCUT2D eigenvalue weighted by Gasteiger charge is -2.26. The van der Waals surface area contributed by atoms with E-state index < -0.39 is 35.7 Å². The van der Waals surface area contributed by atoms with Crippen molar-refractivity contribution in [2.75, 3.05) is 5.32 Å². The number of nitrogens with zero attached hydrogens (tertiary/aromatic N) is 2. The average molecular weight is 367 g/mol. The topological polar surface area (TPSA) is 108 Å². The van der Waals surface area contributed by atoms with Crippen molar-refractivity contribution in [1.82, 2.24) is 9.97 Å². The lowest BCUT2D eigenvalue weighted by Crippen LogP contribution is -2.45. The maximum Gasteiger partial charge on any atom is 0.426 e. The molecule has 3 rings (SSSR count). The standard InChI is InChI=1S/C16H12F3N3O4/c17-16(18,19)15(25,14-21-9-4-1-2-6-11(9)26-14)8-12(24)22-13-10(23)5-3-7-20-13/h1-7,23,25H,8H2,(H,20,22,24). The van der Waals surface area contributed by atoms with E-state index in [4.69, 9.17) is 4.42 Å². The van der Waals surface area contributed by atoms with Crippen LogP contribution in [0.3, 0.4) is 0 Å². The van der Waals surface area contributed by atoms with Crippen LogP contribution in [-0.2, 0) is 10.4 Å². The van der Waals surface area contributed by atoms with Gasteiger partial charge in [0.25, 0.3) is 0 Å². The number of aliphatic hydroxyl groups is 1. The Hall–Kier alpha value is -3.14. The van der Waals surface area contributed by atoms with E-state index >= 15 is 0 Å². The molecular weight excluding hydrogens is 355 g/mol. The zero-order valence-corrected chi connectivity index (χ0v) is 13.0. The zero-order valence-electron chi connectivity index (χ0n) is 13.0. The van der Waals surface area contributed by atoms with Crippen LogP contribution in [0.25, 0.3) is 11.1 Å². The summed E-state index contributed by atoms with van der Waals surface area (Å²) in [4.78, 5) is 19.3. The first-order valence-corrected chi connectivity index (χ1v) is 7.30. The van der Waals surface area contributed by atoms with Gasteiger partial charge in [0.05, 0.1) is 6.42 Å². The van der Waals surface area contributed by atoms with Gasteiger partial charge in [-0.25, -0.2) is 9.97 Å². The number of aromatic hydroxyl groups is 1. The van der Waals surface area contributed by atoms with Gasteiger partial charge < -0.3 is 19.9 Å². The maximum absolute atomic E-state index is 13.5. The number of carbonyl (C=O) groups is 1. The molecular formula is C16H12F3N3O4. The lowest BCUT2D eigenvalue weighted by atomic mass is 9.98. The number of oxazole rings is 1. The van der Waals surface area contributed by atoms with Crippen LogP contribution >= 0.6 is 0 Å². The summed E-state index contributed by atoms with van der Waals surface area (Å²) in [6.07, 6.45) is -5.44. The first-order valence-electron chi connectivity index (χ1n) is 7.30. The second kappa shape index (κ2) is 6.30. The molecule has 1 aromatic carbocycles. The second-order valence-corrected chi connectivity index (χ2v) is 5.44. The fourth-order valence-corrected chi connectivity index (χ4v) is 2.25. The number of pyridine rings is 1. The molecule has 0 spiro atoms. The summed E-state index contributed by atoms with van der Waals surface area (Å²) in [5.74, 6) is -3.05.